The summed E-state index contributed by atoms with van der Waals surface area (Å²) in [6.07, 6.45) is 0.410. The number of hydrogen-bond acceptors (Lipinski definition) is 5. The zero-order chi connectivity index (χ0) is 13.5. The molecule has 2 unspecified atom stereocenters. The zero-order valence-corrected chi connectivity index (χ0v) is 10.9. The number of aromatic nitrogens is 2. The van der Waals surface area contributed by atoms with E-state index >= 15 is 0 Å². The van der Waals surface area contributed by atoms with Crippen LogP contribution in [0, 0.1) is 0 Å². The lowest BCUT2D eigenvalue weighted by molar-refractivity contribution is 0.161. The first kappa shape index (κ1) is 13.0. The Labute approximate surface area is 105 Å². The summed E-state index contributed by atoms with van der Waals surface area (Å²) in [5.74, 6) is 0.436. The summed E-state index contributed by atoms with van der Waals surface area (Å²) in [6.45, 7) is 1.57. The zero-order valence-electron chi connectivity index (χ0n) is 10.1. The van der Waals surface area contributed by atoms with Crippen LogP contribution < -0.4 is 5.73 Å². The summed E-state index contributed by atoms with van der Waals surface area (Å²) >= 11 is 0. The second-order valence-electron chi connectivity index (χ2n) is 4.34. The van der Waals surface area contributed by atoms with Crippen LogP contribution in [0.5, 0.6) is 0 Å². The Morgan fingerprint density at radius 3 is 2.67 bits per heavy atom. The molecule has 0 bridgehead atoms. The van der Waals surface area contributed by atoms with Crippen molar-refractivity contribution in [1.29, 1.82) is 0 Å². The van der Waals surface area contributed by atoms with E-state index in [9.17, 15) is 13.5 Å². The quantitative estimate of drug-likeness (QED) is 0.744. The molecule has 0 saturated carbocycles. The van der Waals surface area contributed by atoms with Gasteiger partial charge in [0.25, 0.3) is 0 Å². The van der Waals surface area contributed by atoms with E-state index in [4.69, 9.17) is 5.73 Å². The van der Waals surface area contributed by atoms with Gasteiger partial charge < -0.3 is 15.8 Å². The Morgan fingerprint density at radius 2 is 2.11 bits per heavy atom. The molecular weight excluding hydrogens is 254 g/mol. The van der Waals surface area contributed by atoms with Crippen LogP contribution in [0.15, 0.2) is 23.1 Å². The predicted octanol–water partition coefficient (Wildman–Crippen LogP) is 0.347. The molecular formula is C11H15N3O3S. The topological polar surface area (TPSA) is 109 Å². The molecule has 6 nitrogen and oxygen atoms in total. The smallest absolute Gasteiger partial charge is 0.175 e. The average Bonchev–Trinajstić information content (AvgIpc) is 2.68. The molecule has 1 heterocycles. The van der Waals surface area contributed by atoms with Crippen LogP contribution >= 0.6 is 0 Å². The minimum atomic E-state index is -3.25. The van der Waals surface area contributed by atoms with E-state index in [-0.39, 0.29) is 4.90 Å². The number of benzene rings is 1. The van der Waals surface area contributed by atoms with Gasteiger partial charge in [0, 0.05) is 6.26 Å². The Morgan fingerprint density at radius 1 is 1.44 bits per heavy atom. The molecule has 1 aromatic carbocycles. The van der Waals surface area contributed by atoms with Crippen molar-refractivity contribution in [2.75, 3.05) is 6.26 Å². The number of aromatic amines is 1. The van der Waals surface area contributed by atoms with Crippen molar-refractivity contribution in [2.24, 2.45) is 5.73 Å². The molecule has 7 heteroatoms. The van der Waals surface area contributed by atoms with Crippen molar-refractivity contribution in [1.82, 2.24) is 9.97 Å². The third-order valence-electron chi connectivity index (χ3n) is 2.74. The van der Waals surface area contributed by atoms with Crippen LogP contribution in [-0.2, 0) is 9.84 Å². The first-order valence-electron chi connectivity index (χ1n) is 5.42. The van der Waals surface area contributed by atoms with Crippen LogP contribution in [0.25, 0.3) is 11.0 Å². The number of rotatable bonds is 3. The number of aliphatic hydroxyl groups excluding tert-OH is 1. The van der Waals surface area contributed by atoms with Gasteiger partial charge in [0.15, 0.2) is 9.84 Å². The number of nitrogens with one attached hydrogen (secondary N) is 1. The van der Waals surface area contributed by atoms with E-state index < -0.39 is 22.0 Å². The highest BCUT2D eigenvalue weighted by molar-refractivity contribution is 7.90. The van der Waals surface area contributed by atoms with Gasteiger partial charge in [-0.1, -0.05) is 0 Å². The lowest BCUT2D eigenvalue weighted by Crippen LogP contribution is -2.24. The number of nitrogens with two attached hydrogens (primary N) is 1. The third kappa shape index (κ3) is 2.38. The number of imidazole rings is 1. The van der Waals surface area contributed by atoms with Crippen molar-refractivity contribution in [3.8, 4) is 0 Å². The second-order valence-corrected chi connectivity index (χ2v) is 6.36. The Kier molecular flexibility index (Phi) is 3.14. The van der Waals surface area contributed by atoms with Gasteiger partial charge in [0.2, 0.25) is 0 Å². The fourth-order valence-electron chi connectivity index (χ4n) is 1.63. The van der Waals surface area contributed by atoms with Gasteiger partial charge in [-0.15, -0.1) is 0 Å². The van der Waals surface area contributed by atoms with Gasteiger partial charge in [-0.25, -0.2) is 13.4 Å². The molecule has 2 rings (SSSR count). The highest BCUT2D eigenvalue weighted by Gasteiger charge is 2.17. The van der Waals surface area contributed by atoms with E-state index in [0.29, 0.717) is 16.9 Å². The Bertz CT molecular complexity index is 676. The minimum absolute atomic E-state index is 0.218. The molecule has 0 saturated heterocycles. The van der Waals surface area contributed by atoms with Gasteiger partial charge in [-0.3, -0.25) is 0 Å². The SMILES string of the molecule is CC(O)C(N)c1nc2ccc(S(C)(=O)=O)cc2[nH]1. The van der Waals surface area contributed by atoms with E-state index in [0.717, 1.165) is 6.26 Å². The van der Waals surface area contributed by atoms with E-state index in [2.05, 4.69) is 9.97 Å². The van der Waals surface area contributed by atoms with Gasteiger partial charge in [-0.05, 0) is 25.1 Å². The Balaban J connectivity index is 2.53. The number of hydrogen-bond donors (Lipinski definition) is 3. The normalized spacial score (nSPS) is 15.8. The number of H-pyrrole nitrogens is 1. The van der Waals surface area contributed by atoms with Gasteiger partial charge in [0.05, 0.1) is 28.1 Å². The molecule has 0 fully saturated rings. The molecule has 4 N–H and O–H groups in total. The summed E-state index contributed by atoms with van der Waals surface area (Å²) in [5.41, 5.74) is 6.97. The highest BCUT2D eigenvalue weighted by atomic mass is 32.2. The summed E-state index contributed by atoms with van der Waals surface area (Å²) in [4.78, 5) is 7.37. The van der Waals surface area contributed by atoms with Crippen LogP contribution in [-0.4, -0.2) is 35.9 Å². The largest absolute Gasteiger partial charge is 0.391 e. The van der Waals surface area contributed by atoms with E-state index in [1.165, 1.54) is 12.1 Å². The molecule has 0 radical (unpaired) electrons. The van der Waals surface area contributed by atoms with Crippen LogP contribution in [0.3, 0.4) is 0 Å². The summed E-state index contributed by atoms with van der Waals surface area (Å²) in [6, 6.07) is 3.99. The number of fused-ring (bicyclic) bond motifs is 1. The first-order valence-corrected chi connectivity index (χ1v) is 7.31. The molecule has 0 amide bonds. The van der Waals surface area contributed by atoms with Crippen LogP contribution in [0.2, 0.25) is 0 Å². The number of sulfone groups is 1. The summed E-state index contributed by atoms with van der Waals surface area (Å²) in [5, 5.41) is 9.40. The lowest BCUT2D eigenvalue weighted by atomic mass is 10.2. The van der Waals surface area contributed by atoms with E-state index in [1.807, 2.05) is 0 Å². The third-order valence-corrected chi connectivity index (χ3v) is 3.85. The summed E-state index contributed by atoms with van der Waals surface area (Å²) < 4.78 is 22.9. The molecule has 0 aliphatic heterocycles. The standard InChI is InChI=1S/C11H15N3O3S/c1-6(15)10(12)11-13-8-4-3-7(18(2,16)17)5-9(8)14-11/h3-6,10,15H,12H2,1-2H3,(H,13,14). The molecule has 1 aromatic heterocycles. The van der Waals surface area contributed by atoms with Crippen molar-refractivity contribution < 1.29 is 13.5 Å². The van der Waals surface area contributed by atoms with Crippen molar-refractivity contribution in [3.63, 3.8) is 0 Å². The molecule has 2 atom stereocenters. The van der Waals surface area contributed by atoms with Crippen molar-refractivity contribution in [2.45, 2.75) is 24.0 Å². The maximum Gasteiger partial charge on any atom is 0.175 e. The monoisotopic (exact) mass is 269 g/mol. The molecule has 0 aliphatic carbocycles. The summed E-state index contributed by atoms with van der Waals surface area (Å²) in [7, 11) is -3.25. The van der Waals surface area contributed by atoms with Crippen molar-refractivity contribution in [3.05, 3.63) is 24.0 Å². The maximum absolute atomic E-state index is 11.4. The molecule has 0 aliphatic rings. The molecule has 98 valence electrons. The molecule has 0 spiro atoms. The number of aliphatic hydroxyl groups is 1. The van der Waals surface area contributed by atoms with Gasteiger partial charge in [0.1, 0.15) is 5.82 Å². The Hall–Kier alpha value is -1.44. The van der Waals surface area contributed by atoms with E-state index in [1.54, 1.807) is 13.0 Å². The lowest BCUT2D eigenvalue weighted by Gasteiger charge is -2.10. The van der Waals surface area contributed by atoms with Crippen molar-refractivity contribution >= 4 is 20.9 Å². The second kappa shape index (κ2) is 4.34. The van der Waals surface area contributed by atoms with Gasteiger partial charge in [-0.2, -0.15) is 0 Å². The predicted molar refractivity (Wildman–Crippen MR) is 67.8 cm³/mol. The van der Waals surface area contributed by atoms with Crippen LogP contribution in [0.4, 0.5) is 0 Å². The minimum Gasteiger partial charge on any atom is -0.391 e. The maximum atomic E-state index is 11.4. The molecule has 18 heavy (non-hydrogen) atoms. The fourth-order valence-corrected chi connectivity index (χ4v) is 2.27. The number of nitrogens with zero attached hydrogens (tertiary/aromatic N) is 1. The first-order chi connectivity index (χ1) is 8.29. The highest BCUT2D eigenvalue weighted by Crippen LogP contribution is 2.20. The molecule has 2 aromatic rings. The van der Waals surface area contributed by atoms with Gasteiger partial charge >= 0.3 is 0 Å². The average molecular weight is 269 g/mol. The van der Waals surface area contributed by atoms with Crippen LogP contribution in [0.1, 0.15) is 18.8 Å². The fraction of sp³-hybridized carbons (Fsp3) is 0.364.